The summed E-state index contributed by atoms with van der Waals surface area (Å²) in [5, 5.41) is 9.44. The van der Waals surface area contributed by atoms with Gasteiger partial charge in [0.15, 0.2) is 22.5 Å². The number of rotatable bonds is 6. The van der Waals surface area contributed by atoms with Crippen LogP contribution in [0.25, 0.3) is 11.0 Å². The van der Waals surface area contributed by atoms with Crippen LogP contribution in [0.4, 0.5) is 4.79 Å². The zero-order valence-corrected chi connectivity index (χ0v) is 19.0. The van der Waals surface area contributed by atoms with Crippen molar-refractivity contribution in [2.45, 2.75) is 38.1 Å². The number of carboxylic acid groups (broad SMARTS) is 1. The molecule has 1 aliphatic carbocycles. The molecule has 2 amide bonds. The van der Waals surface area contributed by atoms with Crippen molar-refractivity contribution in [1.29, 1.82) is 0 Å². The molecule has 9 heteroatoms. The van der Waals surface area contributed by atoms with Crippen LogP contribution < -0.4 is 10.2 Å². The number of benzene rings is 1. The number of para-hydroxylation sites is 1. The summed E-state index contributed by atoms with van der Waals surface area (Å²) in [5.74, 6) is 0.164. The fourth-order valence-corrected chi connectivity index (χ4v) is 4.63. The second kappa shape index (κ2) is 10.2. The molecule has 4 rings (SSSR count). The average molecular weight is 458 g/mol. The van der Waals surface area contributed by atoms with Gasteiger partial charge in [-0.2, -0.15) is 0 Å². The van der Waals surface area contributed by atoms with Gasteiger partial charge in [0.25, 0.3) is 5.91 Å². The Morgan fingerprint density at radius 3 is 2.58 bits per heavy atom. The van der Waals surface area contributed by atoms with Gasteiger partial charge >= 0.3 is 6.09 Å². The van der Waals surface area contributed by atoms with Crippen LogP contribution in [-0.2, 0) is 0 Å². The molecule has 9 nitrogen and oxygen atoms in total. The largest absolute Gasteiger partial charge is 0.488 e. The lowest BCUT2D eigenvalue weighted by atomic mass is 9.94. The molecule has 1 saturated carbocycles. The van der Waals surface area contributed by atoms with Crippen molar-refractivity contribution >= 4 is 23.0 Å². The summed E-state index contributed by atoms with van der Waals surface area (Å²) in [4.78, 5) is 42.0. The first-order valence-corrected chi connectivity index (χ1v) is 11.6. The first kappa shape index (κ1) is 23.1. The van der Waals surface area contributed by atoms with E-state index < -0.39 is 6.09 Å². The third kappa shape index (κ3) is 5.30. The Bertz CT molecular complexity index is 1050. The lowest BCUT2D eigenvalue weighted by Gasteiger charge is -2.32. The molecule has 2 aromatic rings. The van der Waals surface area contributed by atoms with Gasteiger partial charge in [-0.1, -0.05) is 25.3 Å². The molecule has 0 spiro atoms. The third-order valence-corrected chi connectivity index (χ3v) is 6.68. The van der Waals surface area contributed by atoms with E-state index in [0.29, 0.717) is 50.5 Å². The normalized spacial score (nSPS) is 17.8. The fraction of sp³-hybridized carbons (Fsp3) is 0.542. The summed E-state index contributed by atoms with van der Waals surface area (Å²) in [7, 11) is 1.77. The standard InChI is InChI=1S/C24H31N3O6/c1-25(17-6-3-2-4-7-17)23(29)21-16-19(28)18-8-5-9-20(22(18)33-21)32-15-14-26-10-12-27(13-11-26)24(30)31/h5,8-9,16-17H,2-4,6-7,10-15H2,1H3,(H,30,31). The van der Waals surface area contributed by atoms with E-state index in [1.165, 1.54) is 17.4 Å². The zero-order chi connectivity index (χ0) is 23.4. The minimum Gasteiger partial charge on any atom is -0.488 e. The van der Waals surface area contributed by atoms with E-state index in [4.69, 9.17) is 14.3 Å². The summed E-state index contributed by atoms with van der Waals surface area (Å²) in [6, 6.07) is 6.57. The van der Waals surface area contributed by atoms with Gasteiger partial charge in [-0.25, -0.2) is 4.79 Å². The van der Waals surface area contributed by atoms with Crippen LogP contribution in [0, 0.1) is 0 Å². The van der Waals surface area contributed by atoms with Crippen molar-refractivity contribution in [3.63, 3.8) is 0 Å². The van der Waals surface area contributed by atoms with Crippen LogP contribution in [0.3, 0.4) is 0 Å². The second-order valence-electron chi connectivity index (χ2n) is 8.78. The molecule has 33 heavy (non-hydrogen) atoms. The predicted molar refractivity (Wildman–Crippen MR) is 123 cm³/mol. The molecule has 0 bridgehead atoms. The first-order chi connectivity index (χ1) is 15.9. The molecule has 0 atom stereocenters. The second-order valence-corrected chi connectivity index (χ2v) is 8.78. The molecule has 2 aliphatic rings. The first-order valence-electron chi connectivity index (χ1n) is 11.6. The van der Waals surface area contributed by atoms with Gasteiger partial charge < -0.3 is 24.1 Å². The lowest BCUT2D eigenvalue weighted by Crippen LogP contribution is -2.49. The summed E-state index contributed by atoms with van der Waals surface area (Å²) >= 11 is 0. The van der Waals surface area contributed by atoms with E-state index in [1.54, 1.807) is 30.1 Å². The molecular formula is C24H31N3O6. The van der Waals surface area contributed by atoms with Gasteiger partial charge in [0.2, 0.25) is 0 Å². The molecule has 2 heterocycles. The summed E-state index contributed by atoms with van der Waals surface area (Å²) in [6.45, 7) is 3.21. The molecule has 0 unspecified atom stereocenters. The number of hydrogen-bond donors (Lipinski definition) is 1. The number of hydrogen-bond acceptors (Lipinski definition) is 6. The SMILES string of the molecule is CN(C(=O)c1cc(=O)c2cccc(OCCN3CCN(C(=O)O)CC3)c2o1)C1CCCCC1. The highest BCUT2D eigenvalue weighted by atomic mass is 16.5. The Morgan fingerprint density at radius 2 is 1.88 bits per heavy atom. The molecule has 1 aromatic heterocycles. The van der Waals surface area contributed by atoms with Crippen molar-refractivity contribution in [2.75, 3.05) is 46.4 Å². The molecule has 178 valence electrons. The minimum atomic E-state index is -0.892. The van der Waals surface area contributed by atoms with E-state index in [0.717, 1.165) is 25.7 Å². The number of carbonyl (C=O) groups excluding carboxylic acids is 1. The van der Waals surface area contributed by atoms with Gasteiger partial charge in [-0.05, 0) is 25.0 Å². The Hall–Kier alpha value is -3.07. The molecule has 2 fully saturated rings. The monoisotopic (exact) mass is 457 g/mol. The topological polar surface area (TPSA) is 104 Å². The van der Waals surface area contributed by atoms with Gasteiger partial charge in [0.05, 0.1) is 5.39 Å². The van der Waals surface area contributed by atoms with Crippen LogP contribution >= 0.6 is 0 Å². The van der Waals surface area contributed by atoms with Gasteiger partial charge in [-0.15, -0.1) is 0 Å². The van der Waals surface area contributed by atoms with Crippen molar-refractivity contribution in [2.24, 2.45) is 0 Å². The fourth-order valence-electron chi connectivity index (χ4n) is 4.63. The maximum absolute atomic E-state index is 13.0. The van der Waals surface area contributed by atoms with Crippen molar-refractivity contribution < 1.29 is 23.8 Å². The van der Waals surface area contributed by atoms with Gasteiger partial charge in [-0.3, -0.25) is 14.5 Å². The number of piperazine rings is 1. The zero-order valence-electron chi connectivity index (χ0n) is 19.0. The highest BCUT2D eigenvalue weighted by Crippen LogP contribution is 2.27. The number of fused-ring (bicyclic) bond motifs is 1. The van der Waals surface area contributed by atoms with Crippen molar-refractivity contribution in [3.8, 4) is 5.75 Å². The molecule has 1 aliphatic heterocycles. The lowest BCUT2D eigenvalue weighted by molar-refractivity contribution is 0.0664. The van der Waals surface area contributed by atoms with Crippen LogP contribution in [0.5, 0.6) is 5.75 Å². The van der Waals surface area contributed by atoms with Crippen LogP contribution in [0.1, 0.15) is 42.7 Å². The highest BCUT2D eigenvalue weighted by Gasteiger charge is 2.26. The summed E-state index contributed by atoms with van der Waals surface area (Å²) < 4.78 is 11.9. The van der Waals surface area contributed by atoms with E-state index in [9.17, 15) is 14.4 Å². The number of ether oxygens (including phenoxy) is 1. The Morgan fingerprint density at radius 1 is 1.15 bits per heavy atom. The quantitative estimate of drug-likeness (QED) is 0.711. The van der Waals surface area contributed by atoms with Gasteiger partial charge in [0.1, 0.15) is 6.61 Å². The van der Waals surface area contributed by atoms with E-state index in [1.807, 2.05) is 0 Å². The minimum absolute atomic E-state index is 0.0291. The maximum Gasteiger partial charge on any atom is 0.407 e. The third-order valence-electron chi connectivity index (χ3n) is 6.68. The maximum atomic E-state index is 13.0. The predicted octanol–water partition coefficient (Wildman–Crippen LogP) is 2.87. The number of carbonyl (C=O) groups is 2. The smallest absolute Gasteiger partial charge is 0.407 e. The van der Waals surface area contributed by atoms with E-state index in [-0.39, 0.29) is 28.7 Å². The van der Waals surface area contributed by atoms with Crippen molar-refractivity contribution in [3.05, 3.63) is 40.2 Å². The molecule has 0 radical (unpaired) electrons. The Balaban J connectivity index is 1.45. The van der Waals surface area contributed by atoms with Crippen molar-refractivity contribution in [1.82, 2.24) is 14.7 Å². The number of amides is 2. The van der Waals surface area contributed by atoms with Crippen LogP contribution in [0.15, 0.2) is 33.5 Å². The Kier molecular flexibility index (Phi) is 7.17. The van der Waals surface area contributed by atoms with Gasteiger partial charge in [0, 0.05) is 51.9 Å². The summed E-state index contributed by atoms with van der Waals surface area (Å²) in [5.41, 5.74) is 0.00739. The molecule has 1 aromatic carbocycles. The molecule has 1 N–H and O–H groups in total. The highest BCUT2D eigenvalue weighted by molar-refractivity contribution is 5.94. The summed E-state index contributed by atoms with van der Waals surface area (Å²) in [6.07, 6.45) is 4.45. The van der Waals surface area contributed by atoms with E-state index in [2.05, 4.69) is 4.90 Å². The number of nitrogens with zero attached hydrogens (tertiary/aromatic N) is 3. The molecule has 1 saturated heterocycles. The van der Waals surface area contributed by atoms with E-state index >= 15 is 0 Å². The van der Waals surface area contributed by atoms with Crippen LogP contribution in [0.2, 0.25) is 0 Å². The molecular weight excluding hydrogens is 426 g/mol. The Labute approximate surface area is 192 Å². The van der Waals surface area contributed by atoms with Crippen LogP contribution in [-0.4, -0.2) is 84.2 Å². The average Bonchev–Trinajstić information content (AvgIpc) is 2.84.